The molecule has 4 nitrogen and oxygen atoms in total. The van der Waals surface area contributed by atoms with E-state index in [1.807, 2.05) is 35.7 Å². The van der Waals surface area contributed by atoms with E-state index in [0.29, 0.717) is 17.4 Å². The van der Waals surface area contributed by atoms with E-state index in [1.165, 1.54) is 0 Å². The van der Waals surface area contributed by atoms with Crippen molar-refractivity contribution in [2.45, 2.75) is 0 Å². The fraction of sp³-hybridized carbons (Fsp3) is 0. The zero-order valence-corrected chi connectivity index (χ0v) is 11.5. The predicted octanol–water partition coefficient (Wildman–Crippen LogP) is 3.81. The first-order valence-corrected chi connectivity index (χ1v) is 6.84. The van der Waals surface area contributed by atoms with Crippen LogP contribution in [0.5, 0.6) is 0 Å². The second-order valence-electron chi connectivity index (χ2n) is 3.68. The summed E-state index contributed by atoms with van der Waals surface area (Å²) in [6, 6.07) is 9.33. The Kier molecular flexibility index (Phi) is 2.89. The number of halogens is 1. The number of hydrogen-bond donors (Lipinski definition) is 1. The molecule has 0 atom stereocenters. The van der Waals surface area contributed by atoms with E-state index in [0.717, 1.165) is 14.9 Å². The maximum atomic E-state index is 5.72. The lowest BCUT2D eigenvalue weighted by Gasteiger charge is -1.94. The van der Waals surface area contributed by atoms with Crippen LogP contribution in [0.3, 0.4) is 0 Å². The van der Waals surface area contributed by atoms with Crippen molar-refractivity contribution in [3.63, 3.8) is 0 Å². The van der Waals surface area contributed by atoms with E-state index in [-0.39, 0.29) is 0 Å². The average molecular weight is 322 g/mol. The van der Waals surface area contributed by atoms with Gasteiger partial charge in [0.25, 0.3) is 5.89 Å². The minimum Gasteiger partial charge on any atom is -0.399 e. The minimum absolute atomic E-state index is 0.474. The SMILES string of the molecule is Nc1cccc(-c2nc(-c3cc(Br)cs3)no2)c1. The third kappa shape index (κ3) is 2.16. The third-order valence-electron chi connectivity index (χ3n) is 2.35. The molecule has 2 aromatic heterocycles. The molecule has 2 N–H and O–H groups in total. The second-order valence-corrected chi connectivity index (χ2v) is 5.50. The van der Waals surface area contributed by atoms with Crippen molar-refractivity contribution in [3.05, 3.63) is 40.2 Å². The summed E-state index contributed by atoms with van der Waals surface area (Å²) in [4.78, 5) is 5.32. The molecule has 3 aromatic rings. The molecule has 0 spiro atoms. The monoisotopic (exact) mass is 321 g/mol. The Morgan fingerprint density at radius 3 is 2.89 bits per heavy atom. The van der Waals surface area contributed by atoms with Gasteiger partial charge in [0.2, 0.25) is 5.82 Å². The standard InChI is InChI=1S/C12H8BrN3OS/c13-8-5-10(18-6-8)11-15-12(17-16-11)7-2-1-3-9(14)4-7/h1-6H,14H2. The molecule has 0 saturated carbocycles. The summed E-state index contributed by atoms with van der Waals surface area (Å²) in [5.41, 5.74) is 7.22. The van der Waals surface area contributed by atoms with Crippen LogP contribution in [-0.4, -0.2) is 10.1 Å². The van der Waals surface area contributed by atoms with Crippen molar-refractivity contribution in [3.8, 4) is 22.2 Å². The van der Waals surface area contributed by atoms with E-state index < -0.39 is 0 Å². The minimum atomic E-state index is 0.474. The maximum Gasteiger partial charge on any atom is 0.258 e. The van der Waals surface area contributed by atoms with Gasteiger partial charge in [-0.2, -0.15) is 4.98 Å². The van der Waals surface area contributed by atoms with Gasteiger partial charge in [-0.15, -0.1) is 11.3 Å². The lowest BCUT2D eigenvalue weighted by atomic mass is 10.2. The van der Waals surface area contributed by atoms with Crippen LogP contribution in [0.2, 0.25) is 0 Å². The largest absolute Gasteiger partial charge is 0.399 e. The van der Waals surface area contributed by atoms with Crippen LogP contribution in [-0.2, 0) is 0 Å². The van der Waals surface area contributed by atoms with Crippen LogP contribution in [0.1, 0.15) is 0 Å². The Hall–Kier alpha value is -1.66. The molecule has 0 fully saturated rings. The van der Waals surface area contributed by atoms with Gasteiger partial charge in [0.05, 0.1) is 4.88 Å². The molecule has 18 heavy (non-hydrogen) atoms. The van der Waals surface area contributed by atoms with Gasteiger partial charge in [0.1, 0.15) is 0 Å². The van der Waals surface area contributed by atoms with Crippen LogP contribution in [0.15, 0.2) is 44.7 Å². The Balaban J connectivity index is 1.99. The lowest BCUT2D eigenvalue weighted by molar-refractivity contribution is 0.432. The molecule has 2 heterocycles. The smallest absolute Gasteiger partial charge is 0.258 e. The first-order chi connectivity index (χ1) is 8.72. The van der Waals surface area contributed by atoms with Gasteiger partial charge >= 0.3 is 0 Å². The Bertz CT molecular complexity index is 692. The van der Waals surface area contributed by atoms with Crippen LogP contribution in [0.4, 0.5) is 5.69 Å². The van der Waals surface area contributed by atoms with E-state index in [1.54, 1.807) is 11.3 Å². The molecular formula is C12H8BrN3OS. The summed E-state index contributed by atoms with van der Waals surface area (Å²) in [6.07, 6.45) is 0. The summed E-state index contributed by atoms with van der Waals surface area (Å²) in [7, 11) is 0. The highest BCUT2D eigenvalue weighted by Gasteiger charge is 2.12. The molecule has 0 saturated heterocycles. The fourth-order valence-electron chi connectivity index (χ4n) is 1.54. The second kappa shape index (κ2) is 4.55. The topological polar surface area (TPSA) is 64.9 Å². The molecule has 0 bridgehead atoms. The number of nitrogen functional groups attached to an aromatic ring is 1. The number of aromatic nitrogens is 2. The summed E-state index contributed by atoms with van der Waals surface area (Å²) in [6.45, 7) is 0. The molecule has 0 unspecified atom stereocenters. The Morgan fingerprint density at radius 2 is 2.17 bits per heavy atom. The number of benzene rings is 1. The summed E-state index contributed by atoms with van der Waals surface area (Å²) in [5.74, 6) is 1.06. The highest BCUT2D eigenvalue weighted by atomic mass is 79.9. The van der Waals surface area contributed by atoms with Crippen molar-refractivity contribution in [1.82, 2.24) is 10.1 Å². The van der Waals surface area contributed by atoms with Gasteiger partial charge in [-0.3, -0.25) is 0 Å². The number of nitrogens with zero attached hydrogens (tertiary/aromatic N) is 2. The first kappa shape index (κ1) is 11.4. The highest BCUT2D eigenvalue weighted by molar-refractivity contribution is 9.10. The number of hydrogen-bond acceptors (Lipinski definition) is 5. The van der Waals surface area contributed by atoms with Crippen molar-refractivity contribution in [2.75, 3.05) is 5.73 Å². The highest BCUT2D eigenvalue weighted by Crippen LogP contribution is 2.29. The molecule has 0 radical (unpaired) electrons. The van der Waals surface area contributed by atoms with Gasteiger partial charge in [-0.05, 0) is 40.2 Å². The van der Waals surface area contributed by atoms with Gasteiger partial charge in [0.15, 0.2) is 0 Å². The molecule has 0 aliphatic heterocycles. The summed E-state index contributed by atoms with van der Waals surface area (Å²) in [5, 5.41) is 5.95. The normalized spacial score (nSPS) is 10.7. The molecule has 0 amide bonds. The van der Waals surface area contributed by atoms with Gasteiger partial charge in [-0.25, -0.2) is 0 Å². The van der Waals surface area contributed by atoms with Gasteiger partial charge < -0.3 is 10.3 Å². The van der Waals surface area contributed by atoms with Crippen LogP contribution >= 0.6 is 27.3 Å². The van der Waals surface area contributed by atoms with Crippen LogP contribution < -0.4 is 5.73 Å². The van der Waals surface area contributed by atoms with Crippen molar-refractivity contribution < 1.29 is 4.52 Å². The Labute approximate surface area is 116 Å². The Morgan fingerprint density at radius 1 is 1.28 bits per heavy atom. The maximum absolute atomic E-state index is 5.72. The molecule has 90 valence electrons. The zero-order chi connectivity index (χ0) is 12.5. The van der Waals surface area contributed by atoms with E-state index in [9.17, 15) is 0 Å². The van der Waals surface area contributed by atoms with Gasteiger partial charge in [-0.1, -0.05) is 11.2 Å². The predicted molar refractivity (Wildman–Crippen MR) is 75.2 cm³/mol. The third-order valence-corrected chi connectivity index (χ3v) is 4.03. The van der Waals surface area contributed by atoms with Crippen molar-refractivity contribution >= 4 is 33.0 Å². The van der Waals surface area contributed by atoms with Crippen molar-refractivity contribution in [2.24, 2.45) is 0 Å². The first-order valence-electron chi connectivity index (χ1n) is 5.16. The van der Waals surface area contributed by atoms with Crippen molar-refractivity contribution in [1.29, 1.82) is 0 Å². The average Bonchev–Trinajstić information content (AvgIpc) is 2.97. The molecule has 6 heteroatoms. The fourth-order valence-corrected chi connectivity index (χ4v) is 2.89. The molecule has 1 aromatic carbocycles. The number of anilines is 1. The van der Waals surface area contributed by atoms with Crippen LogP contribution in [0.25, 0.3) is 22.2 Å². The zero-order valence-electron chi connectivity index (χ0n) is 9.13. The quantitative estimate of drug-likeness (QED) is 0.729. The summed E-state index contributed by atoms with van der Waals surface area (Å²) < 4.78 is 6.26. The number of thiophene rings is 1. The molecule has 0 aliphatic rings. The van der Waals surface area contributed by atoms with Gasteiger partial charge in [0, 0.05) is 21.1 Å². The van der Waals surface area contributed by atoms with E-state index in [2.05, 4.69) is 26.1 Å². The number of rotatable bonds is 2. The van der Waals surface area contributed by atoms with Crippen LogP contribution in [0, 0.1) is 0 Å². The number of nitrogens with two attached hydrogens (primary N) is 1. The van der Waals surface area contributed by atoms with E-state index in [4.69, 9.17) is 10.3 Å². The molecule has 3 rings (SSSR count). The lowest BCUT2D eigenvalue weighted by Crippen LogP contribution is -1.85. The molecule has 0 aliphatic carbocycles. The van der Waals surface area contributed by atoms with E-state index >= 15 is 0 Å². The summed E-state index contributed by atoms with van der Waals surface area (Å²) >= 11 is 4.96. The molecular weight excluding hydrogens is 314 g/mol.